The van der Waals surface area contributed by atoms with Crippen molar-refractivity contribution in [3.63, 3.8) is 0 Å². The molecule has 0 aromatic heterocycles. The van der Waals surface area contributed by atoms with Crippen molar-refractivity contribution < 1.29 is 19.1 Å². The Morgan fingerprint density at radius 3 is 2.43 bits per heavy atom. The normalized spacial score (nSPS) is 12.1. The topological polar surface area (TPSA) is 76.7 Å². The predicted octanol–water partition coefficient (Wildman–Crippen LogP) is 0.893. The fraction of sp³-hybridized carbons (Fsp3) is 0.867. The van der Waals surface area contributed by atoms with Crippen LogP contribution in [0.15, 0.2) is 0 Å². The Balaban J connectivity index is 3.39. The second kappa shape index (κ2) is 14.0. The lowest BCUT2D eigenvalue weighted by Crippen LogP contribution is -2.32. The minimum absolute atomic E-state index is 0.0715. The third-order valence-electron chi connectivity index (χ3n) is 3.03. The summed E-state index contributed by atoms with van der Waals surface area (Å²) in [4.78, 5) is 22.7. The van der Waals surface area contributed by atoms with Gasteiger partial charge in [-0.2, -0.15) is 0 Å². The van der Waals surface area contributed by atoms with Crippen molar-refractivity contribution in [2.75, 3.05) is 40.0 Å². The van der Waals surface area contributed by atoms with Gasteiger partial charge in [0.1, 0.15) is 12.4 Å². The number of carbonyl (C=O) groups is 2. The molecule has 0 aliphatic carbocycles. The molecule has 0 fully saturated rings. The third-order valence-corrected chi connectivity index (χ3v) is 3.03. The average Bonchev–Trinajstić information content (AvgIpc) is 2.46. The number of rotatable bonds is 14. The van der Waals surface area contributed by atoms with Gasteiger partial charge in [-0.05, 0) is 39.7 Å². The van der Waals surface area contributed by atoms with E-state index < -0.39 is 0 Å². The summed E-state index contributed by atoms with van der Waals surface area (Å²) in [5, 5.41) is 5.78. The van der Waals surface area contributed by atoms with E-state index in [0.29, 0.717) is 19.8 Å². The molecule has 0 rings (SSSR count). The highest BCUT2D eigenvalue weighted by Crippen LogP contribution is 2.01. The number of carbonyl (C=O) groups excluding carboxylic acids is 2. The van der Waals surface area contributed by atoms with Crippen LogP contribution in [0.5, 0.6) is 0 Å². The van der Waals surface area contributed by atoms with E-state index in [1.807, 2.05) is 6.92 Å². The van der Waals surface area contributed by atoms with Crippen LogP contribution in [0.25, 0.3) is 0 Å². The van der Waals surface area contributed by atoms with E-state index in [1.54, 1.807) is 14.0 Å². The fourth-order valence-electron chi connectivity index (χ4n) is 1.83. The summed E-state index contributed by atoms with van der Waals surface area (Å²) >= 11 is 0. The van der Waals surface area contributed by atoms with Gasteiger partial charge in [-0.3, -0.25) is 9.59 Å². The first-order valence-corrected chi connectivity index (χ1v) is 7.71. The van der Waals surface area contributed by atoms with Crippen molar-refractivity contribution >= 4 is 11.7 Å². The maximum Gasteiger partial charge on any atom is 0.245 e. The zero-order valence-electron chi connectivity index (χ0n) is 13.6. The first-order chi connectivity index (χ1) is 10.1. The van der Waals surface area contributed by atoms with Crippen LogP contribution in [0.3, 0.4) is 0 Å². The second-order valence-corrected chi connectivity index (χ2v) is 4.96. The van der Waals surface area contributed by atoms with Gasteiger partial charge < -0.3 is 20.1 Å². The molecule has 0 saturated carbocycles. The van der Waals surface area contributed by atoms with Gasteiger partial charge in [0.15, 0.2) is 0 Å². The van der Waals surface area contributed by atoms with Crippen LogP contribution in [0.2, 0.25) is 0 Å². The summed E-state index contributed by atoms with van der Waals surface area (Å²) in [6.07, 6.45) is 3.54. The zero-order chi connectivity index (χ0) is 15.9. The number of ketones is 1. The number of hydrogen-bond donors (Lipinski definition) is 2. The summed E-state index contributed by atoms with van der Waals surface area (Å²) in [6.45, 7) is 6.01. The first kappa shape index (κ1) is 20.0. The van der Waals surface area contributed by atoms with Crippen LogP contribution in [0, 0.1) is 0 Å². The molecule has 0 aromatic carbocycles. The number of amides is 1. The fourth-order valence-corrected chi connectivity index (χ4v) is 1.83. The van der Waals surface area contributed by atoms with Gasteiger partial charge in [-0.15, -0.1) is 0 Å². The Kier molecular flexibility index (Phi) is 13.3. The molecule has 2 N–H and O–H groups in total. The molecule has 21 heavy (non-hydrogen) atoms. The number of likely N-dealkylation sites (N-methyl/N-ethyl adjacent to an activating group) is 1. The van der Waals surface area contributed by atoms with E-state index in [1.165, 1.54) is 0 Å². The van der Waals surface area contributed by atoms with Crippen molar-refractivity contribution in [2.24, 2.45) is 0 Å². The average molecular weight is 302 g/mol. The lowest BCUT2D eigenvalue weighted by Gasteiger charge is -2.12. The van der Waals surface area contributed by atoms with Gasteiger partial charge >= 0.3 is 0 Å². The summed E-state index contributed by atoms with van der Waals surface area (Å²) in [7, 11) is 1.79. The molecule has 0 saturated heterocycles. The molecule has 0 radical (unpaired) electrons. The summed E-state index contributed by atoms with van der Waals surface area (Å²) in [5.41, 5.74) is 0. The minimum Gasteiger partial charge on any atom is -0.379 e. The lowest BCUT2D eigenvalue weighted by atomic mass is 10.1. The Labute approximate surface area is 127 Å². The molecule has 0 aliphatic heterocycles. The van der Waals surface area contributed by atoms with Crippen molar-refractivity contribution in [2.45, 2.75) is 45.6 Å². The second-order valence-electron chi connectivity index (χ2n) is 4.96. The molecule has 0 aliphatic rings. The van der Waals surface area contributed by atoms with Crippen molar-refractivity contribution in [1.82, 2.24) is 10.6 Å². The number of Topliss-reactive ketones (excluding diaryl/α,β-unsaturated/α-hetero) is 1. The third kappa shape index (κ3) is 12.5. The van der Waals surface area contributed by atoms with E-state index in [0.717, 1.165) is 32.3 Å². The van der Waals surface area contributed by atoms with Gasteiger partial charge in [-0.25, -0.2) is 0 Å². The van der Waals surface area contributed by atoms with E-state index in [4.69, 9.17) is 9.47 Å². The van der Waals surface area contributed by atoms with E-state index in [-0.39, 0.29) is 24.3 Å². The maximum absolute atomic E-state index is 11.4. The molecule has 6 nitrogen and oxygen atoms in total. The van der Waals surface area contributed by atoms with Gasteiger partial charge in [0.2, 0.25) is 5.91 Å². The van der Waals surface area contributed by atoms with Crippen LogP contribution in [-0.4, -0.2) is 57.8 Å². The van der Waals surface area contributed by atoms with Gasteiger partial charge in [0.05, 0.1) is 19.3 Å². The van der Waals surface area contributed by atoms with Crippen LogP contribution in [0.1, 0.15) is 39.5 Å². The Hall–Kier alpha value is -0.980. The van der Waals surface area contributed by atoms with Crippen molar-refractivity contribution in [3.05, 3.63) is 0 Å². The highest BCUT2D eigenvalue weighted by Gasteiger charge is 2.10. The van der Waals surface area contributed by atoms with Crippen LogP contribution in [-0.2, 0) is 19.1 Å². The van der Waals surface area contributed by atoms with Crippen LogP contribution < -0.4 is 10.6 Å². The minimum atomic E-state index is -0.109. The molecular formula is C15H30N2O4. The SMILES string of the molecule is CCCOCCOCC(=O)NCCCC[C@H](NC)C(C)=O. The molecule has 6 heteroatoms. The summed E-state index contributed by atoms with van der Waals surface area (Å²) in [5.74, 6) is 0.0439. The van der Waals surface area contributed by atoms with E-state index in [2.05, 4.69) is 10.6 Å². The molecule has 1 amide bonds. The zero-order valence-corrected chi connectivity index (χ0v) is 13.6. The van der Waals surface area contributed by atoms with Gasteiger partial charge in [-0.1, -0.05) is 6.92 Å². The number of ether oxygens (including phenoxy) is 2. The summed E-state index contributed by atoms with van der Waals surface area (Å²) in [6, 6.07) is -0.0767. The quantitative estimate of drug-likeness (QED) is 0.466. The van der Waals surface area contributed by atoms with Gasteiger partial charge in [0, 0.05) is 13.2 Å². The van der Waals surface area contributed by atoms with Crippen molar-refractivity contribution in [1.29, 1.82) is 0 Å². The largest absolute Gasteiger partial charge is 0.379 e. The number of hydrogen-bond acceptors (Lipinski definition) is 5. The number of nitrogens with one attached hydrogen (secondary N) is 2. The van der Waals surface area contributed by atoms with E-state index in [9.17, 15) is 9.59 Å². The Morgan fingerprint density at radius 2 is 1.81 bits per heavy atom. The van der Waals surface area contributed by atoms with Crippen molar-refractivity contribution in [3.8, 4) is 0 Å². The molecule has 0 spiro atoms. The standard InChI is InChI=1S/C15H30N2O4/c1-4-9-20-10-11-21-12-15(19)17-8-6-5-7-14(16-3)13(2)18/h14,16H,4-12H2,1-3H3,(H,17,19)/t14-/m0/s1. The molecule has 0 unspecified atom stereocenters. The number of unbranched alkanes of at least 4 members (excludes halogenated alkanes) is 1. The van der Waals surface area contributed by atoms with Gasteiger partial charge in [0.25, 0.3) is 0 Å². The molecule has 0 heterocycles. The molecule has 0 aromatic rings. The smallest absolute Gasteiger partial charge is 0.245 e. The van der Waals surface area contributed by atoms with E-state index >= 15 is 0 Å². The Bertz CT molecular complexity index is 285. The molecule has 0 bridgehead atoms. The summed E-state index contributed by atoms with van der Waals surface area (Å²) < 4.78 is 10.4. The predicted molar refractivity (Wildman–Crippen MR) is 82.3 cm³/mol. The molecular weight excluding hydrogens is 272 g/mol. The molecule has 1 atom stereocenters. The first-order valence-electron chi connectivity index (χ1n) is 7.71. The highest BCUT2D eigenvalue weighted by atomic mass is 16.5. The maximum atomic E-state index is 11.4. The lowest BCUT2D eigenvalue weighted by molar-refractivity contribution is -0.126. The molecule has 124 valence electrons. The highest BCUT2D eigenvalue weighted by molar-refractivity contribution is 5.81. The van der Waals surface area contributed by atoms with Crippen LogP contribution in [0.4, 0.5) is 0 Å². The monoisotopic (exact) mass is 302 g/mol. The van der Waals surface area contributed by atoms with Crippen LogP contribution >= 0.6 is 0 Å². The Morgan fingerprint density at radius 1 is 1.10 bits per heavy atom.